The minimum absolute atomic E-state index is 0.205. The quantitative estimate of drug-likeness (QED) is 0.512. The lowest BCUT2D eigenvalue weighted by Crippen LogP contribution is -2.37. The fraction of sp³-hybridized carbons (Fsp3) is 0.222. The van der Waals surface area contributed by atoms with Crippen LogP contribution in [0.25, 0.3) is 21.3 Å². The van der Waals surface area contributed by atoms with Crippen molar-refractivity contribution in [1.29, 1.82) is 0 Å². The topological polar surface area (TPSA) is 121 Å². The third-order valence-electron chi connectivity index (χ3n) is 4.77. The van der Waals surface area contributed by atoms with E-state index in [0.29, 0.717) is 26.3 Å². The highest BCUT2D eigenvalue weighted by atomic mass is 32.1. The number of fused-ring (bicyclic) bond motifs is 2. The first-order chi connectivity index (χ1) is 13.7. The van der Waals surface area contributed by atoms with E-state index in [4.69, 9.17) is 0 Å². The van der Waals surface area contributed by atoms with Gasteiger partial charge < -0.3 is 9.88 Å². The fourth-order valence-corrected chi connectivity index (χ4v) is 4.18. The van der Waals surface area contributed by atoms with Gasteiger partial charge in [-0.05, 0) is 18.6 Å². The second-order valence-electron chi connectivity index (χ2n) is 6.65. The molecule has 4 aromatic rings. The Kier molecular flexibility index (Phi) is 4.19. The second kappa shape index (κ2) is 6.48. The molecular formula is C18H16N6O4S. The smallest absolute Gasteiger partial charge is 0.320 e. The Morgan fingerprint density at radius 3 is 2.52 bits per heavy atom. The molecule has 29 heavy (non-hydrogen) atoms. The largest absolute Gasteiger partial charge is 0.332 e. The summed E-state index contributed by atoms with van der Waals surface area (Å²) in [4.78, 5) is 58.8. The Labute approximate surface area is 166 Å². The van der Waals surface area contributed by atoms with Crippen molar-refractivity contribution < 1.29 is 4.79 Å². The molecule has 1 amide bonds. The molecule has 11 heteroatoms. The average Bonchev–Trinajstić information content (AvgIpc) is 3.04. The standard InChI is InChI=1S/C18H16N6O4S/c1-8-11-15(20-7-22(2)17(11)27)29-12(8)14(25)21-9-5-10-13(19-6-9)23(3)18(28)24(4)16(10)26/h5-7H,1-4H3,(H,21,25). The zero-order valence-corrected chi connectivity index (χ0v) is 16.8. The Morgan fingerprint density at radius 2 is 1.79 bits per heavy atom. The summed E-state index contributed by atoms with van der Waals surface area (Å²) in [7, 11) is 4.49. The molecule has 10 nitrogen and oxygen atoms in total. The van der Waals surface area contributed by atoms with Crippen molar-refractivity contribution in [2.75, 3.05) is 5.32 Å². The molecule has 0 spiro atoms. The van der Waals surface area contributed by atoms with E-state index >= 15 is 0 Å². The van der Waals surface area contributed by atoms with E-state index in [-0.39, 0.29) is 16.6 Å². The van der Waals surface area contributed by atoms with Crippen LogP contribution in [-0.2, 0) is 21.1 Å². The van der Waals surface area contributed by atoms with Gasteiger partial charge in [-0.1, -0.05) is 0 Å². The van der Waals surface area contributed by atoms with Crippen LogP contribution in [0.2, 0.25) is 0 Å². The zero-order valence-electron chi connectivity index (χ0n) is 16.0. The number of hydrogen-bond acceptors (Lipinski definition) is 7. The van der Waals surface area contributed by atoms with Gasteiger partial charge in [0.25, 0.3) is 17.0 Å². The first kappa shape index (κ1) is 18.7. The summed E-state index contributed by atoms with van der Waals surface area (Å²) in [5, 5.41) is 3.32. The van der Waals surface area contributed by atoms with Gasteiger partial charge in [0.05, 0.1) is 33.9 Å². The maximum Gasteiger partial charge on any atom is 0.332 e. The number of rotatable bonds is 2. The second-order valence-corrected chi connectivity index (χ2v) is 7.65. The van der Waals surface area contributed by atoms with Gasteiger partial charge >= 0.3 is 5.69 Å². The lowest BCUT2D eigenvalue weighted by atomic mass is 10.2. The highest BCUT2D eigenvalue weighted by Crippen LogP contribution is 2.27. The van der Waals surface area contributed by atoms with E-state index < -0.39 is 17.2 Å². The molecule has 0 bridgehead atoms. The maximum atomic E-state index is 12.8. The molecule has 0 aliphatic rings. The van der Waals surface area contributed by atoms with Gasteiger partial charge in [-0.25, -0.2) is 14.8 Å². The van der Waals surface area contributed by atoms with Crippen LogP contribution < -0.4 is 22.1 Å². The predicted octanol–water partition coefficient (Wildman–Crippen LogP) is 0.501. The number of carbonyl (C=O) groups excluding carboxylic acids is 1. The van der Waals surface area contributed by atoms with Gasteiger partial charge in [0.2, 0.25) is 0 Å². The number of carbonyl (C=O) groups is 1. The molecule has 0 saturated heterocycles. The molecule has 4 heterocycles. The molecule has 0 radical (unpaired) electrons. The van der Waals surface area contributed by atoms with Crippen LogP contribution in [0.15, 0.2) is 33.0 Å². The van der Waals surface area contributed by atoms with E-state index in [1.54, 1.807) is 14.0 Å². The molecule has 0 aliphatic carbocycles. The molecule has 0 saturated carbocycles. The number of pyridine rings is 1. The van der Waals surface area contributed by atoms with E-state index in [9.17, 15) is 19.2 Å². The summed E-state index contributed by atoms with van der Waals surface area (Å²) in [5.41, 5.74) is -0.139. The molecule has 4 rings (SSSR count). The van der Waals surface area contributed by atoms with Crippen molar-refractivity contribution in [2.45, 2.75) is 6.92 Å². The number of nitrogens with one attached hydrogen (secondary N) is 1. The molecule has 0 aromatic carbocycles. The van der Waals surface area contributed by atoms with Crippen molar-refractivity contribution in [1.82, 2.24) is 23.7 Å². The van der Waals surface area contributed by atoms with Gasteiger partial charge in [-0.2, -0.15) is 0 Å². The normalized spacial score (nSPS) is 11.3. The Bertz CT molecular complexity index is 1510. The lowest BCUT2D eigenvalue weighted by molar-refractivity contribution is 0.103. The molecule has 0 fully saturated rings. The Morgan fingerprint density at radius 1 is 1.07 bits per heavy atom. The third-order valence-corrected chi connectivity index (χ3v) is 5.97. The molecular weight excluding hydrogens is 396 g/mol. The number of thiophene rings is 1. The zero-order chi connectivity index (χ0) is 21.0. The SMILES string of the molecule is Cc1c(C(=O)Nc2cnc3c(c2)c(=O)n(C)c(=O)n3C)sc2ncn(C)c(=O)c12. The van der Waals surface area contributed by atoms with Crippen LogP contribution in [-0.4, -0.2) is 29.6 Å². The van der Waals surface area contributed by atoms with Gasteiger partial charge in [0, 0.05) is 21.1 Å². The van der Waals surface area contributed by atoms with Crippen molar-refractivity contribution >= 4 is 44.2 Å². The van der Waals surface area contributed by atoms with Crippen LogP contribution in [0.1, 0.15) is 15.2 Å². The number of aromatic nitrogens is 5. The van der Waals surface area contributed by atoms with Crippen LogP contribution in [0.3, 0.4) is 0 Å². The molecule has 0 atom stereocenters. The predicted molar refractivity (Wildman–Crippen MR) is 110 cm³/mol. The van der Waals surface area contributed by atoms with Crippen molar-refractivity contribution in [3.63, 3.8) is 0 Å². The number of aryl methyl sites for hydroxylation is 3. The van der Waals surface area contributed by atoms with Crippen molar-refractivity contribution in [3.8, 4) is 0 Å². The first-order valence-electron chi connectivity index (χ1n) is 8.52. The summed E-state index contributed by atoms with van der Waals surface area (Å²) >= 11 is 1.12. The Hall–Kier alpha value is -3.60. The van der Waals surface area contributed by atoms with Gasteiger partial charge in [-0.3, -0.25) is 23.5 Å². The third kappa shape index (κ3) is 2.78. The van der Waals surface area contributed by atoms with E-state index in [0.717, 1.165) is 15.9 Å². The van der Waals surface area contributed by atoms with Crippen LogP contribution in [0, 0.1) is 6.92 Å². The average molecular weight is 412 g/mol. The minimum atomic E-state index is -0.502. The summed E-state index contributed by atoms with van der Waals surface area (Å²) in [5.74, 6) is -0.435. The fourth-order valence-electron chi connectivity index (χ4n) is 3.15. The molecule has 1 N–H and O–H groups in total. The summed E-state index contributed by atoms with van der Waals surface area (Å²) in [6.45, 7) is 1.70. The highest BCUT2D eigenvalue weighted by molar-refractivity contribution is 7.20. The molecule has 148 valence electrons. The summed E-state index contributed by atoms with van der Waals surface area (Å²) < 4.78 is 3.60. The van der Waals surface area contributed by atoms with Crippen LogP contribution >= 0.6 is 11.3 Å². The highest BCUT2D eigenvalue weighted by Gasteiger charge is 2.20. The molecule has 0 aliphatic heterocycles. The molecule has 0 unspecified atom stereocenters. The van der Waals surface area contributed by atoms with Crippen molar-refractivity contribution in [3.05, 3.63) is 60.2 Å². The lowest BCUT2D eigenvalue weighted by Gasteiger charge is -2.09. The first-order valence-corrected chi connectivity index (χ1v) is 9.34. The van der Waals surface area contributed by atoms with E-state index in [2.05, 4.69) is 15.3 Å². The molecule has 4 aromatic heterocycles. The van der Waals surface area contributed by atoms with E-state index in [1.165, 1.54) is 41.8 Å². The number of anilines is 1. The van der Waals surface area contributed by atoms with Gasteiger partial charge in [-0.15, -0.1) is 11.3 Å². The number of hydrogen-bond donors (Lipinski definition) is 1. The summed E-state index contributed by atoms with van der Waals surface area (Å²) in [6.07, 6.45) is 2.79. The Balaban J connectivity index is 1.79. The monoisotopic (exact) mass is 412 g/mol. The van der Waals surface area contributed by atoms with Crippen molar-refractivity contribution in [2.24, 2.45) is 21.1 Å². The number of amides is 1. The van der Waals surface area contributed by atoms with Gasteiger partial charge in [0.1, 0.15) is 10.5 Å². The van der Waals surface area contributed by atoms with Crippen LogP contribution in [0.5, 0.6) is 0 Å². The van der Waals surface area contributed by atoms with E-state index in [1.807, 2.05) is 0 Å². The maximum absolute atomic E-state index is 12.8. The number of nitrogens with zero attached hydrogens (tertiary/aromatic N) is 5. The summed E-state index contributed by atoms with van der Waals surface area (Å²) in [6, 6.07) is 1.47. The minimum Gasteiger partial charge on any atom is -0.320 e. The van der Waals surface area contributed by atoms with Crippen LogP contribution in [0.4, 0.5) is 5.69 Å². The van der Waals surface area contributed by atoms with Gasteiger partial charge in [0.15, 0.2) is 0 Å².